The van der Waals surface area contributed by atoms with E-state index in [0.29, 0.717) is 0 Å². The zero-order valence-electron chi connectivity index (χ0n) is 13.6. The molecule has 0 aromatic heterocycles. The molecule has 0 aliphatic carbocycles. The fraction of sp³-hybridized carbons (Fsp3) is 0.647. The Morgan fingerprint density at radius 3 is 1.50 bits per heavy atom. The fourth-order valence-corrected chi connectivity index (χ4v) is 1.73. The van der Waals surface area contributed by atoms with Crippen LogP contribution in [0.2, 0.25) is 0 Å². The molecular formula is C17H33N. The van der Waals surface area contributed by atoms with E-state index >= 15 is 0 Å². The molecule has 0 unspecified atom stereocenters. The van der Waals surface area contributed by atoms with Crippen molar-refractivity contribution in [1.82, 2.24) is 0 Å². The third kappa shape index (κ3) is 7.37. The zero-order chi connectivity index (χ0) is 14.4. The minimum Gasteiger partial charge on any atom is -0.372 e. The molecule has 1 nitrogen and oxygen atoms in total. The second-order valence-electron chi connectivity index (χ2n) is 3.53. The minimum absolute atomic E-state index is 1.24. The summed E-state index contributed by atoms with van der Waals surface area (Å²) in [4.78, 5) is 2.46. The number of nitrogens with zero attached hydrogens (tertiary/aromatic N) is 1. The van der Waals surface area contributed by atoms with E-state index in [1.165, 1.54) is 37.2 Å². The third-order valence-corrected chi connectivity index (χ3v) is 2.51. The van der Waals surface area contributed by atoms with E-state index in [0.717, 1.165) is 0 Å². The van der Waals surface area contributed by atoms with Crippen LogP contribution in [0.25, 0.3) is 0 Å². The van der Waals surface area contributed by atoms with Crippen LogP contribution >= 0.6 is 0 Å². The first-order chi connectivity index (χ1) is 8.86. The van der Waals surface area contributed by atoms with Crippen molar-refractivity contribution in [2.45, 2.75) is 61.3 Å². The molecule has 106 valence electrons. The molecule has 18 heavy (non-hydrogen) atoms. The summed E-state index contributed by atoms with van der Waals surface area (Å²) in [6.07, 6.45) is 2.71. The SMILES string of the molecule is CC.CC.CC.Cc1ccc(N2CCCC2)cc1. The van der Waals surface area contributed by atoms with Gasteiger partial charge in [0.1, 0.15) is 0 Å². The molecule has 1 aliphatic rings. The lowest BCUT2D eigenvalue weighted by Crippen LogP contribution is -2.17. The van der Waals surface area contributed by atoms with Gasteiger partial charge in [-0.1, -0.05) is 59.2 Å². The Morgan fingerprint density at radius 1 is 0.722 bits per heavy atom. The van der Waals surface area contributed by atoms with Gasteiger partial charge in [-0.05, 0) is 31.9 Å². The second kappa shape index (κ2) is 14.1. The standard InChI is InChI=1S/C11H15N.3C2H6/c1-10-4-6-11(7-5-10)12-8-2-3-9-12;3*1-2/h4-7H,2-3,8-9H2,1H3;3*1-2H3. The smallest absolute Gasteiger partial charge is 0.0366 e. The predicted molar refractivity (Wildman–Crippen MR) is 86.7 cm³/mol. The van der Waals surface area contributed by atoms with E-state index in [4.69, 9.17) is 0 Å². The normalized spacial score (nSPS) is 12.3. The minimum atomic E-state index is 1.24. The third-order valence-electron chi connectivity index (χ3n) is 2.51. The maximum Gasteiger partial charge on any atom is 0.0366 e. The summed E-state index contributed by atoms with van der Waals surface area (Å²) in [6, 6.07) is 8.82. The van der Waals surface area contributed by atoms with Gasteiger partial charge >= 0.3 is 0 Å². The van der Waals surface area contributed by atoms with Crippen molar-refractivity contribution in [1.29, 1.82) is 0 Å². The van der Waals surface area contributed by atoms with E-state index in [1.807, 2.05) is 41.5 Å². The van der Waals surface area contributed by atoms with Crippen molar-refractivity contribution in [3.63, 3.8) is 0 Å². The van der Waals surface area contributed by atoms with Gasteiger partial charge in [0, 0.05) is 18.8 Å². The maximum atomic E-state index is 2.46. The number of hydrogen-bond acceptors (Lipinski definition) is 1. The Bertz CT molecular complexity index is 245. The van der Waals surface area contributed by atoms with Gasteiger partial charge in [-0.2, -0.15) is 0 Å². The maximum absolute atomic E-state index is 2.46. The number of rotatable bonds is 1. The molecule has 0 radical (unpaired) electrons. The van der Waals surface area contributed by atoms with Crippen molar-refractivity contribution in [2.75, 3.05) is 18.0 Å². The lowest BCUT2D eigenvalue weighted by molar-refractivity contribution is 0.949. The first-order valence-corrected chi connectivity index (χ1v) is 7.68. The highest BCUT2D eigenvalue weighted by Crippen LogP contribution is 2.19. The fourth-order valence-electron chi connectivity index (χ4n) is 1.73. The molecule has 0 N–H and O–H groups in total. The van der Waals surface area contributed by atoms with Crippen molar-refractivity contribution < 1.29 is 0 Å². The van der Waals surface area contributed by atoms with Crippen LogP contribution in [0.1, 0.15) is 59.9 Å². The molecule has 0 atom stereocenters. The lowest BCUT2D eigenvalue weighted by Gasteiger charge is -2.17. The predicted octanol–water partition coefficient (Wildman–Crippen LogP) is 5.67. The second-order valence-corrected chi connectivity index (χ2v) is 3.53. The molecule has 0 amide bonds. The molecule has 0 spiro atoms. The highest BCUT2D eigenvalue weighted by Gasteiger charge is 2.10. The Labute approximate surface area is 115 Å². The molecule has 0 bridgehead atoms. The monoisotopic (exact) mass is 251 g/mol. The van der Waals surface area contributed by atoms with Crippen molar-refractivity contribution in [2.24, 2.45) is 0 Å². The van der Waals surface area contributed by atoms with Gasteiger partial charge < -0.3 is 4.90 Å². The van der Waals surface area contributed by atoms with Gasteiger partial charge in [-0.3, -0.25) is 0 Å². The Hall–Kier alpha value is -0.980. The van der Waals surface area contributed by atoms with Gasteiger partial charge in [0.2, 0.25) is 0 Å². The van der Waals surface area contributed by atoms with Crippen molar-refractivity contribution in [3.8, 4) is 0 Å². The summed E-state index contributed by atoms with van der Waals surface area (Å²) in [6.45, 7) is 16.6. The highest BCUT2D eigenvalue weighted by molar-refractivity contribution is 5.48. The Kier molecular flexibility index (Phi) is 15.1. The number of anilines is 1. The summed E-state index contributed by atoms with van der Waals surface area (Å²) >= 11 is 0. The molecule has 1 fully saturated rings. The molecule has 0 saturated carbocycles. The summed E-state index contributed by atoms with van der Waals surface area (Å²) in [5.41, 5.74) is 2.73. The Balaban J connectivity index is 0. The summed E-state index contributed by atoms with van der Waals surface area (Å²) in [5, 5.41) is 0. The van der Waals surface area contributed by atoms with Gasteiger partial charge in [-0.25, -0.2) is 0 Å². The van der Waals surface area contributed by atoms with Crippen LogP contribution in [0, 0.1) is 6.92 Å². The summed E-state index contributed by atoms with van der Waals surface area (Å²) in [7, 11) is 0. The molecule has 1 aromatic carbocycles. The number of hydrogen-bond donors (Lipinski definition) is 0. The molecule has 1 heteroatoms. The van der Waals surface area contributed by atoms with Crippen molar-refractivity contribution in [3.05, 3.63) is 29.8 Å². The van der Waals surface area contributed by atoms with Crippen LogP contribution in [0.5, 0.6) is 0 Å². The first kappa shape index (κ1) is 19.4. The molecule has 1 heterocycles. The largest absolute Gasteiger partial charge is 0.372 e. The van der Waals surface area contributed by atoms with E-state index in [1.54, 1.807) is 0 Å². The first-order valence-electron chi connectivity index (χ1n) is 7.68. The van der Waals surface area contributed by atoms with Gasteiger partial charge in [0.05, 0.1) is 0 Å². The van der Waals surface area contributed by atoms with Crippen molar-refractivity contribution >= 4 is 5.69 Å². The summed E-state index contributed by atoms with van der Waals surface area (Å²) < 4.78 is 0. The molecule has 2 rings (SSSR count). The van der Waals surface area contributed by atoms with Gasteiger partial charge in [0.15, 0.2) is 0 Å². The topological polar surface area (TPSA) is 3.24 Å². The quantitative estimate of drug-likeness (QED) is 0.621. The Morgan fingerprint density at radius 2 is 1.11 bits per heavy atom. The van der Waals surface area contributed by atoms with Crippen LogP contribution in [0.4, 0.5) is 5.69 Å². The van der Waals surface area contributed by atoms with Crippen LogP contribution < -0.4 is 4.90 Å². The van der Waals surface area contributed by atoms with Crippen LogP contribution in [-0.4, -0.2) is 13.1 Å². The van der Waals surface area contributed by atoms with E-state index in [9.17, 15) is 0 Å². The molecular weight excluding hydrogens is 218 g/mol. The molecule has 1 aromatic rings. The average molecular weight is 251 g/mol. The lowest BCUT2D eigenvalue weighted by atomic mass is 10.2. The number of benzene rings is 1. The average Bonchev–Trinajstić information content (AvgIpc) is 3.00. The van der Waals surface area contributed by atoms with Gasteiger partial charge in [0.25, 0.3) is 0 Å². The molecule has 1 aliphatic heterocycles. The van der Waals surface area contributed by atoms with E-state index in [2.05, 4.69) is 36.1 Å². The van der Waals surface area contributed by atoms with Crippen LogP contribution in [0.15, 0.2) is 24.3 Å². The number of aryl methyl sites for hydroxylation is 1. The van der Waals surface area contributed by atoms with Crippen LogP contribution in [-0.2, 0) is 0 Å². The van der Waals surface area contributed by atoms with E-state index < -0.39 is 0 Å². The van der Waals surface area contributed by atoms with E-state index in [-0.39, 0.29) is 0 Å². The zero-order valence-corrected chi connectivity index (χ0v) is 13.6. The van der Waals surface area contributed by atoms with Gasteiger partial charge in [-0.15, -0.1) is 0 Å². The van der Waals surface area contributed by atoms with Crippen LogP contribution in [0.3, 0.4) is 0 Å². The molecule has 1 saturated heterocycles. The highest BCUT2D eigenvalue weighted by atomic mass is 15.1. The summed E-state index contributed by atoms with van der Waals surface area (Å²) in [5.74, 6) is 0.